The van der Waals surface area contributed by atoms with Crippen LogP contribution in [0.1, 0.15) is 65.2 Å². The molecular weight excluding hydrogens is 284 g/mol. The Kier molecular flexibility index (Phi) is 33.4. The van der Waals surface area contributed by atoms with Gasteiger partial charge in [0.15, 0.2) is 0 Å². The van der Waals surface area contributed by atoms with E-state index in [0.717, 1.165) is 57.8 Å². The predicted molar refractivity (Wildman–Crippen MR) is 91.1 cm³/mol. The third kappa shape index (κ3) is 42.7. The summed E-state index contributed by atoms with van der Waals surface area (Å²) >= 11 is 0. The molecular formula is C17H36O5. The van der Waals surface area contributed by atoms with E-state index in [4.69, 9.17) is 20.1 Å². The van der Waals surface area contributed by atoms with E-state index in [9.17, 15) is 4.79 Å². The molecule has 0 aromatic heterocycles. The Balaban J connectivity index is -0.000000263. The summed E-state index contributed by atoms with van der Waals surface area (Å²) in [6.45, 7) is 9.69. The van der Waals surface area contributed by atoms with Gasteiger partial charge in [0.2, 0.25) is 0 Å². The Morgan fingerprint density at radius 2 is 1.23 bits per heavy atom. The van der Waals surface area contributed by atoms with E-state index >= 15 is 0 Å². The van der Waals surface area contributed by atoms with Crippen LogP contribution in [0.15, 0.2) is 12.7 Å². The average Bonchev–Trinajstić information content (AvgIpc) is 2.52. The summed E-state index contributed by atoms with van der Waals surface area (Å²) < 4.78 is 5.13. The van der Waals surface area contributed by atoms with E-state index in [2.05, 4.69) is 20.4 Å². The van der Waals surface area contributed by atoms with Crippen LogP contribution >= 0.6 is 0 Å². The van der Waals surface area contributed by atoms with Crippen LogP contribution in [0.5, 0.6) is 0 Å². The number of carboxylic acids is 1. The summed E-state index contributed by atoms with van der Waals surface area (Å²) in [4.78, 5) is 9.25. The Morgan fingerprint density at radius 1 is 0.909 bits per heavy atom. The SMILES string of the molecule is C=CC(=O)O.CCCOCCC.OCCCCCCCCO. The van der Waals surface area contributed by atoms with E-state index in [1.165, 1.54) is 12.8 Å². The van der Waals surface area contributed by atoms with Crippen molar-refractivity contribution in [1.29, 1.82) is 0 Å². The summed E-state index contributed by atoms with van der Waals surface area (Å²) in [5.74, 6) is -0.981. The predicted octanol–water partition coefficient (Wildman–Crippen LogP) is 3.39. The van der Waals surface area contributed by atoms with Crippen molar-refractivity contribution < 1.29 is 24.9 Å². The fraction of sp³-hybridized carbons (Fsp3) is 0.824. The Bertz CT molecular complexity index is 195. The molecule has 0 aromatic rings. The average molecular weight is 320 g/mol. The first-order valence-electron chi connectivity index (χ1n) is 8.25. The number of carboxylic acid groups (broad SMARTS) is 1. The molecule has 22 heavy (non-hydrogen) atoms. The third-order valence-corrected chi connectivity index (χ3v) is 2.44. The number of unbranched alkanes of at least 4 members (excludes halogenated alkanes) is 5. The molecule has 0 unspecified atom stereocenters. The van der Waals surface area contributed by atoms with Gasteiger partial charge in [-0.15, -0.1) is 0 Å². The highest BCUT2D eigenvalue weighted by Crippen LogP contribution is 2.03. The van der Waals surface area contributed by atoms with Crippen molar-refractivity contribution in [3.8, 4) is 0 Å². The number of rotatable bonds is 12. The smallest absolute Gasteiger partial charge is 0.327 e. The van der Waals surface area contributed by atoms with Gasteiger partial charge in [0.05, 0.1) is 0 Å². The molecule has 0 radical (unpaired) electrons. The lowest BCUT2D eigenvalue weighted by Crippen LogP contribution is -1.92. The van der Waals surface area contributed by atoms with Crippen molar-refractivity contribution >= 4 is 5.97 Å². The van der Waals surface area contributed by atoms with Crippen LogP contribution in [0.4, 0.5) is 0 Å². The highest BCUT2D eigenvalue weighted by Gasteiger charge is 1.88. The van der Waals surface area contributed by atoms with Crippen LogP contribution in [0.25, 0.3) is 0 Å². The summed E-state index contributed by atoms with van der Waals surface area (Å²) in [5.41, 5.74) is 0. The van der Waals surface area contributed by atoms with Gasteiger partial charge < -0.3 is 20.1 Å². The summed E-state index contributed by atoms with van der Waals surface area (Å²) in [6, 6.07) is 0. The van der Waals surface area contributed by atoms with Crippen LogP contribution in [0, 0.1) is 0 Å². The molecule has 134 valence electrons. The van der Waals surface area contributed by atoms with Crippen molar-refractivity contribution in [2.24, 2.45) is 0 Å². The largest absolute Gasteiger partial charge is 0.478 e. The van der Waals surface area contributed by atoms with Crippen LogP contribution in [-0.2, 0) is 9.53 Å². The highest BCUT2D eigenvalue weighted by atomic mass is 16.5. The van der Waals surface area contributed by atoms with Gasteiger partial charge in [0.25, 0.3) is 0 Å². The Hall–Kier alpha value is -0.910. The van der Waals surface area contributed by atoms with Gasteiger partial charge >= 0.3 is 5.97 Å². The van der Waals surface area contributed by atoms with Crippen molar-refractivity contribution in [2.45, 2.75) is 65.2 Å². The zero-order chi connectivity index (χ0) is 17.5. The first-order valence-corrected chi connectivity index (χ1v) is 8.25. The van der Waals surface area contributed by atoms with Gasteiger partial charge in [-0.2, -0.15) is 0 Å². The molecule has 0 amide bonds. The maximum absolute atomic E-state index is 9.25. The minimum Gasteiger partial charge on any atom is -0.478 e. The summed E-state index contributed by atoms with van der Waals surface area (Å²) in [7, 11) is 0. The number of hydrogen-bond acceptors (Lipinski definition) is 4. The van der Waals surface area contributed by atoms with Crippen LogP contribution in [-0.4, -0.2) is 47.7 Å². The maximum atomic E-state index is 9.25. The standard InChI is InChI=1S/C8H18O2.C6H14O.C3H4O2/c9-7-5-3-1-2-4-6-8-10;1-3-5-7-6-4-2;1-2-3(4)5/h9-10H,1-8H2;3-6H2,1-2H3;2H,1H2,(H,4,5). The van der Waals surface area contributed by atoms with Gasteiger partial charge in [0, 0.05) is 32.5 Å². The van der Waals surface area contributed by atoms with E-state index in [1.807, 2.05) is 0 Å². The number of aliphatic carboxylic acids is 1. The molecule has 3 N–H and O–H groups in total. The van der Waals surface area contributed by atoms with E-state index in [-0.39, 0.29) is 0 Å². The normalized spacial score (nSPS) is 9.09. The second-order valence-corrected chi connectivity index (χ2v) is 4.72. The van der Waals surface area contributed by atoms with Crippen molar-refractivity contribution in [2.75, 3.05) is 26.4 Å². The number of aliphatic hydroxyl groups is 2. The first-order chi connectivity index (χ1) is 10.6. The molecule has 0 aliphatic rings. The molecule has 0 aliphatic carbocycles. The van der Waals surface area contributed by atoms with E-state index in [1.54, 1.807) is 0 Å². The maximum Gasteiger partial charge on any atom is 0.327 e. The molecule has 0 fully saturated rings. The van der Waals surface area contributed by atoms with Crippen LogP contribution in [0.2, 0.25) is 0 Å². The second kappa shape index (κ2) is 28.3. The lowest BCUT2D eigenvalue weighted by Gasteiger charge is -1.97. The molecule has 0 aromatic carbocycles. The minimum absolute atomic E-state index is 0.319. The first kappa shape index (κ1) is 26.0. The minimum atomic E-state index is -0.981. The summed E-state index contributed by atoms with van der Waals surface area (Å²) in [5, 5.41) is 24.5. The van der Waals surface area contributed by atoms with Gasteiger partial charge in [-0.1, -0.05) is 46.1 Å². The zero-order valence-corrected chi connectivity index (χ0v) is 14.4. The molecule has 5 heteroatoms. The summed E-state index contributed by atoms with van der Waals surface area (Å²) in [6.07, 6.45) is 9.61. The lowest BCUT2D eigenvalue weighted by atomic mass is 10.1. The third-order valence-electron chi connectivity index (χ3n) is 2.44. The van der Waals surface area contributed by atoms with Gasteiger partial charge in [-0.3, -0.25) is 0 Å². The molecule has 0 bridgehead atoms. The van der Waals surface area contributed by atoms with Crippen molar-refractivity contribution in [3.05, 3.63) is 12.7 Å². The van der Waals surface area contributed by atoms with Gasteiger partial charge in [0.1, 0.15) is 0 Å². The molecule has 0 saturated carbocycles. The fourth-order valence-corrected chi connectivity index (χ4v) is 1.32. The molecule has 0 rings (SSSR count). The lowest BCUT2D eigenvalue weighted by molar-refractivity contribution is -0.131. The molecule has 0 aliphatic heterocycles. The molecule has 0 spiro atoms. The Labute approximate surface area is 136 Å². The van der Waals surface area contributed by atoms with E-state index < -0.39 is 5.97 Å². The van der Waals surface area contributed by atoms with E-state index in [0.29, 0.717) is 13.2 Å². The van der Waals surface area contributed by atoms with Gasteiger partial charge in [-0.25, -0.2) is 4.79 Å². The highest BCUT2D eigenvalue weighted by molar-refractivity contribution is 5.78. The molecule has 5 nitrogen and oxygen atoms in total. The zero-order valence-electron chi connectivity index (χ0n) is 14.4. The van der Waals surface area contributed by atoms with Crippen molar-refractivity contribution in [1.82, 2.24) is 0 Å². The fourth-order valence-electron chi connectivity index (χ4n) is 1.32. The van der Waals surface area contributed by atoms with Crippen LogP contribution in [0.3, 0.4) is 0 Å². The Morgan fingerprint density at radius 3 is 1.45 bits per heavy atom. The topological polar surface area (TPSA) is 87.0 Å². The number of aliphatic hydroxyl groups excluding tert-OH is 2. The van der Waals surface area contributed by atoms with Gasteiger partial charge in [-0.05, 0) is 25.7 Å². The number of hydrogen-bond donors (Lipinski definition) is 3. The van der Waals surface area contributed by atoms with Crippen molar-refractivity contribution in [3.63, 3.8) is 0 Å². The monoisotopic (exact) mass is 320 g/mol. The number of carbonyl (C=O) groups is 1. The quantitative estimate of drug-likeness (QED) is 0.379. The number of ether oxygens (including phenoxy) is 1. The molecule has 0 atom stereocenters. The van der Waals surface area contributed by atoms with Crippen LogP contribution < -0.4 is 0 Å². The molecule has 0 heterocycles. The second-order valence-electron chi connectivity index (χ2n) is 4.72. The molecule has 0 saturated heterocycles.